The first kappa shape index (κ1) is 10.1. The van der Waals surface area contributed by atoms with E-state index in [0.717, 1.165) is 29.4 Å². The van der Waals surface area contributed by atoms with Crippen molar-refractivity contribution >= 4 is 33.2 Å². The van der Waals surface area contributed by atoms with Crippen LogP contribution in [0, 0.1) is 6.92 Å². The molecule has 76 valence electrons. The molecule has 3 nitrogen and oxygen atoms in total. The molecule has 0 aromatic carbocycles. The van der Waals surface area contributed by atoms with Crippen molar-refractivity contribution in [3.63, 3.8) is 0 Å². The van der Waals surface area contributed by atoms with Gasteiger partial charge in [-0.1, -0.05) is 15.9 Å². The topological polar surface area (TPSA) is 33.2 Å². The molecule has 1 fully saturated rings. The zero-order chi connectivity index (χ0) is 10.1. The highest BCUT2D eigenvalue weighted by Gasteiger charge is 2.25. The Balaban J connectivity index is 2.09. The Morgan fingerprint density at radius 3 is 3.07 bits per heavy atom. The highest BCUT2D eigenvalue weighted by Crippen LogP contribution is 2.21. The molecule has 5 heteroatoms. The van der Waals surface area contributed by atoms with Crippen LogP contribution in [-0.4, -0.2) is 33.7 Å². The van der Waals surface area contributed by atoms with Gasteiger partial charge < -0.3 is 4.90 Å². The van der Waals surface area contributed by atoms with E-state index in [1.807, 2.05) is 11.8 Å². The average molecular weight is 275 g/mol. The zero-order valence-electron chi connectivity index (χ0n) is 7.86. The van der Waals surface area contributed by atoms with Gasteiger partial charge in [-0.2, -0.15) is 0 Å². The van der Waals surface area contributed by atoms with Crippen molar-refractivity contribution in [2.75, 3.05) is 13.1 Å². The summed E-state index contributed by atoms with van der Waals surface area (Å²) < 4.78 is 0. The van der Waals surface area contributed by atoms with Gasteiger partial charge in [0, 0.05) is 17.9 Å². The predicted octanol–water partition coefficient (Wildman–Crippen LogP) is 2.06. The second-order valence-corrected chi connectivity index (χ2v) is 5.91. The molecule has 1 aliphatic rings. The van der Waals surface area contributed by atoms with Crippen LogP contribution in [0.4, 0.5) is 0 Å². The van der Waals surface area contributed by atoms with E-state index < -0.39 is 0 Å². The average Bonchev–Trinajstić information content (AvgIpc) is 2.73. The quantitative estimate of drug-likeness (QED) is 0.735. The van der Waals surface area contributed by atoms with E-state index in [9.17, 15) is 4.79 Å². The maximum Gasteiger partial charge on any atom is 0.265 e. The number of hydrogen-bond donors (Lipinski definition) is 0. The van der Waals surface area contributed by atoms with Crippen LogP contribution < -0.4 is 0 Å². The van der Waals surface area contributed by atoms with E-state index in [1.54, 1.807) is 6.20 Å². The molecule has 2 rings (SSSR count). The lowest BCUT2D eigenvalue weighted by Gasteiger charge is -2.13. The first-order valence-corrected chi connectivity index (χ1v) is 6.26. The van der Waals surface area contributed by atoms with Crippen molar-refractivity contribution in [1.82, 2.24) is 9.88 Å². The van der Waals surface area contributed by atoms with Gasteiger partial charge in [-0.15, -0.1) is 11.3 Å². The maximum atomic E-state index is 11.9. The molecule has 1 atom stereocenters. The number of nitrogens with zero attached hydrogens (tertiary/aromatic N) is 2. The van der Waals surface area contributed by atoms with Crippen molar-refractivity contribution in [3.8, 4) is 0 Å². The zero-order valence-corrected chi connectivity index (χ0v) is 10.3. The largest absolute Gasteiger partial charge is 0.337 e. The van der Waals surface area contributed by atoms with E-state index in [2.05, 4.69) is 20.9 Å². The van der Waals surface area contributed by atoms with Crippen LogP contribution >= 0.6 is 27.3 Å². The maximum absolute atomic E-state index is 11.9. The molecule has 0 spiro atoms. The number of amides is 1. The van der Waals surface area contributed by atoms with Crippen LogP contribution in [0.25, 0.3) is 0 Å². The van der Waals surface area contributed by atoms with E-state index in [4.69, 9.17) is 0 Å². The second-order valence-electron chi connectivity index (χ2n) is 3.38. The lowest BCUT2D eigenvalue weighted by molar-refractivity contribution is 0.0798. The predicted molar refractivity (Wildman–Crippen MR) is 60.1 cm³/mol. The van der Waals surface area contributed by atoms with Crippen molar-refractivity contribution in [1.29, 1.82) is 0 Å². The number of thiazole rings is 1. The Hall–Kier alpha value is -0.420. The van der Waals surface area contributed by atoms with Gasteiger partial charge in [-0.05, 0) is 13.3 Å². The van der Waals surface area contributed by atoms with Crippen LogP contribution in [-0.2, 0) is 0 Å². The minimum atomic E-state index is 0.123. The summed E-state index contributed by atoms with van der Waals surface area (Å²) >= 11 is 4.98. The van der Waals surface area contributed by atoms with Crippen molar-refractivity contribution in [2.45, 2.75) is 18.2 Å². The summed E-state index contributed by atoms with van der Waals surface area (Å²) in [4.78, 5) is 19.1. The summed E-state index contributed by atoms with van der Waals surface area (Å²) in [6.07, 6.45) is 2.72. The second kappa shape index (κ2) is 3.98. The normalized spacial score (nSPS) is 21.6. The molecule has 0 N–H and O–H groups in total. The number of carbonyl (C=O) groups excluding carboxylic acids is 1. The lowest BCUT2D eigenvalue weighted by Crippen LogP contribution is -2.28. The number of likely N-dealkylation sites (tertiary alicyclic amines) is 1. The summed E-state index contributed by atoms with van der Waals surface area (Å²) in [5, 5.41) is 0.947. The lowest BCUT2D eigenvalue weighted by atomic mass is 10.4. The van der Waals surface area contributed by atoms with Crippen LogP contribution in [0.3, 0.4) is 0 Å². The Morgan fingerprint density at radius 1 is 1.79 bits per heavy atom. The van der Waals surface area contributed by atoms with E-state index >= 15 is 0 Å². The molecule has 2 heterocycles. The number of alkyl halides is 1. The molecule has 14 heavy (non-hydrogen) atoms. The molecule has 1 aromatic heterocycles. The summed E-state index contributed by atoms with van der Waals surface area (Å²) in [5.74, 6) is 0.123. The minimum absolute atomic E-state index is 0.123. The molecule has 1 aliphatic heterocycles. The molecule has 1 aromatic rings. The highest BCUT2D eigenvalue weighted by atomic mass is 79.9. The highest BCUT2D eigenvalue weighted by molar-refractivity contribution is 9.09. The van der Waals surface area contributed by atoms with Gasteiger partial charge in [0.15, 0.2) is 0 Å². The standard InChI is InChI=1S/C9H11BrN2OS/c1-6-11-4-8(14-6)9(13)12-3-2-7(10)5-12/h4,7H,2-3,5H2,1H3. The SMILES string of the molecule is Cc1ncc(C(=O)N2CCC(Br)C2)s1. The molecule has 1 saturated heterocycles. The number of hydrogen-bond acceptors (Lipinski definition) is 3. The molecule has 0 saturated carbocycles. The Bertz CT molecular complexity index is 352. The van der Waals surface area contributed by atoms with Gasteiger partial charge in [-0.25, -0.2) is 4.98 Å². The Kier molecular flexibility index (Phi) is 2.88. The molecule has 0 radical (unpaired) electrons. The smallest absolute Gasteiger partial charge is 0.265 e. The number of rotatable bonds is 1. The van der Waals surface area contributed by atoms with Gasteiger partial charge in [0.2, 0.25) is 0 Å². The van der Waals surface area contributed by atoms with Crippen molar-refractivity contribution < 1.29 is 4.79 Å². The van der Waals surface area contributed by atoms with E-state index in [-0.39, 0.29) is 5.91 Å². The third kappa shape index (κ3) is 1.98. The third-order valence-electron chi connectivity index (χ3n) is 2.25. The van der Waals surface area contributed by atoms with Crippen molar-refractivity contribution in [2.24, 2.45) is 0 Å². The fourth-order valence-corrected chi connectivity index (χ4v) is 2.82. The monoisotopic (exact) mass is 274 g/mol. The first-order valence-electron chi connectivity index (χ1n) is 4.52. The first-order chi connectivity index (χ1) is 6.66. The molecular weight excluding hydrogens is 264 g/mol. The molecule has 0 aliphatic carbocycles. The van der Waals surface area contributed by atoms with Gasteiger partial charge in [0.1, 0.15) is 4.88 Å². The third-order valence-corrected chi connectivity index (χ3v) is 3.90. The Labute approximate surface area is 95.3 Å². The Morgan fingerprint density at radius 2 is 2.57 bits per heavy atom. The van der Waals surface area contributed by atoms with Crippen LogP contribution in [0.15, 0.2) is 6.20 Å². The van der Waals surface area contributed by atoms with E-state index in [1.165, 1.54) is 11.3 Å². The summed E-state index contributed by atoms with van der Waals surface area (Å²) in [6.45, 7) is 3.58. The molecular formula is C9H11BrN2OS. The van der Waals surface area contributed by atoms with Crippen LogP contribution in [0.1, 0.15) is 21.1 Å². The molecule has 1 amide bonds. The fourth-order valence-electron chi connectivity index (χ4n) is 1.52. The molecule has 1 unspecified atom stereocenters. The van der Waals surface area contributed by atoms with Gasteiger partial charge in [-0.3, -0.25) is 4.79 Å². The number of carbonyl (C=O) groups is 1. The summed E-state index contributed by atoms with van der Waals surface area (Å²) in [5.41, 5.74) is 0. The van der Waals surface area contributed by atoms with Crippen molar-refractivity contribution in [3.05, 3.63) is 16.1 Å². The molecule has 0 bridgehead atoms. The number of aryl methyl sites for hydroxylation is 1. The summed E-state index contributed by atoms with van der Waals surface area (Å²) in [6, 6.07) is 0. The van der Waals surface area contributed by atoms with Gasteiger partial charge in [0.05, 0.1) is 11.2 Å². The number of halogens is 1. The van der Waals surface area contributed by atoms with E-state index in [0.29, 0.717) is 4.83 Å². The fraction of sp³-hybridized carbons (Fsp3) is 0.556. The number of aromatic nitrogens is 1. The van der Waals surface area contributed by atoms with Gasteiger partial charge >= 0.3 is 0 Å². The van der Waals surface area contributed by atoms with Crippen LogP contribution in [0.2, 0.25) is 0 Å². The van der Waals surface area contributed by atoms with Crippen LogP contribution in [0.5, 0.6) is 0 Å². The van der Waals surface area contributed by atoms with Gasteiger partial charge in [0.25, 0.3) is 5.91 Å². The minimum Gasteiger partial charge on any atom is -0.337 e. The summed E-state index contributed by atoms with van der Waals surface area (Å²) in [7, 11) is 0.